The minimum Gasteiger partial charge on any atom is -0.465 e. The molecule has 7 nitrogen and oxygen atoms in total. The lowest BCUT2D eigenvalue weighted by Crippen LogP contribution is -2.50. The third kappa shape index (κ3) is 4.02. The molecule has 27 heavy (non-hydrogen) atoms. The van der Waals surface area contributed by atoms with Crippen molar-refractivity contribution >= 4 is 28.7 Å². The number of fused-ring (bicyclic) bond motifs is 1. The number of carbonyl (C=O) groups is 2. The van der Waals surface area contributed by atoms with Crippen molar-refractivity contribution < 1.29 is 23.5 Å². The van der Waals surface area contributed by atoms with E-state index in [0.717, 1.165) is 16.8 Å². The predicted octanol–water partition coefficient (Wildman–Crippen LogP) is 3.58. The fourth-order valence-corrected chi connectivity index (χ4v) is 3.24. The van der Waals surface area contributed by atoms with E-state index in [9.17, 15) is 9.59 Å². The molecule has 146 valence electrons. The number of carbonyl (C=O) groups excluding carboxylic acids is 2. The number of nitrogens with zero attached hydrogens (tertiary/aromatic N) is 2. The van der Waals surface area contributed by atoms with Crippen LogP contribution in [0.25, 0.3) is 11.0 Å². The summed E-state index contributed by atoms with van der Waals surface area (Å²) in [5.41, 5.74) is 1.43. The Balaban J connectivity index is 1.80. The summed E-state index contributed by atoms with van der Waals surface area (Å²) in [7, 11) is 1.35. The molecule has 7 heteroatoms. The second kappa shape index (κ2) is 7.13. The summed E-state index contributed by atoms with van der Waals surface area (Å²) in [5, 5.41) is 0.876. The molecule has 1 aromatic carbocycles. The highest BCUT2D eigenvalue weighted by Gasteiger charge is 2.27. The number of amides is 1. The standard InChI is InChI=1S/C20H26N2O5/c1-13-12-15-16(7-6-14(17(15)26-13)18(23)25-5)21-8-10-22(11-9-21)19(24)27-20(2,3)4/h6-7,12H,8-11H2,1-5H3. The van der Waals surface area contributed by atoms with Gasteiger partial charge in [-0.2, -0.15) is 0 Å². The Bertz CT molecular complexity index is 857. The van der Waals surface area contributed by atoms with Gasteiger partial charge in [-0.25, -0.2) is 9.59 Å². The number of methoxy groups -OCH3 is 1. The first-order valence-corrected chi connectivity index (χ1v) is 9.04. The smallest absolute Gasteiger partial charge is 0.410 e. The number of rotatable bonds is 2. The van der Waals surface area contributed by atoms with Crippen LogP contribution >= 0.6 is 0 Å². The van der Waals surface area contributed by atoms with Crippen molar-refractivity contribution in [2.75, 3.05) is 38.2 Å². The van der Waals surface area contributed by atoms with Crippen LogP contribution in [-0.4, -0.2) is 55.9 Å². The minimum atomic E-state index is -0.502. The molecule has 0 spiro atoms. The van der Waals surface area contributed by atoms with E-state index >= 15 is 0 Å². The molecular weight excluding hydrogens is 348 g/mol. The van der Waals surface area contributed by atoms with E-state index < -0.39 is 11.6 Å². The molecule has 1 aliphatic rings. The van der Waals surface area contributed by atoms with Gasteiger partial charge in [0.05, 0.1) is 7.11 Å². The second-order valence-corrected chi connectivity index (χ2v) is 7.68. The van der Waals surface area contributed by atoms with Crippen molar-refractivity contribution in [3.8, 4) is 0 Å². The molecule has 0 saturated carbocycles. The van der Waals surface area contributed by atoms with Crippen molar-refractivity contribution in [2.24, 2.45) is 0 Å². The molecule has 1 saturated heterocycles. The largest absolute Gasteiger partial charge is 0.465 e. The van der Waals surface area contributed by atoms with Gasteiger partial charge in [-0.15, -0.1) is 0 Å². The number of ether oxygens (including phenoxy) is 2. The van der Waals surface area contributed by atoms with Gasteiger partial charge >= 0.3 is 12.1 Å². The molecule has 2 aromatic rings. The molecule has 0 aliphatic carbocycles. The first kappa shape index (κ1) is 19.1. The zero-order valence-electron chi connectivity index (χ0n) is 16.5. The number of esters is 1. The molecule has 3 rings (SSSR count). The molecule has 1 fully saturated rings. The van der Waals surface area contributed by atoms with Crippen LogP contribution in [0.2, 0.25) is 0 Å². The van der Waals surface area contributed by atoms with E-state index in [1.54, 1.807) is 11.0 Å². The summed E-state index contributed by atoms with van der Waals surface area (Å²) < 4.78 is 16.1. The molecule has 1 aromatic heterocycles. The summed E-state index contributed by atoms with van der Waals surface area (Å²) >= 11 is 0. The van der Waals surface area contributed by atoms with Crippen LogP contribution < -0.4 is 4.90 Å². The lowest BCUT2D eigenvalue weighted by Gasteiger charge is -2.37. The first-order valence-electron chi connectivity index (χ1n) is 9.04. The Kier molecular flexibility index (Phi) is 5.04. The summed E-state index contributed by atoms with van der Waals surface area (Å²) in [6.07, 6.45) is -0.285. The van der Waals surface area contributed by atoms with Crippen LogP contribution in [0.15, 0.2) is 22.6 Å². The minimum absolute atomic E-state index is 0.285. The van der Waals surface area contributed by atoms with Crippen molar-refractivity contribution in [1.82, 2.24) is 4.90 Å². The topological polar surface area (TPSA) is 72.2 Å². The number of piperazine rings is 1. The fraction of sp³-hybridized carbons (Fsp3) is 0.500. The van der Waals surface area contributed by atoms with E-state index in [-0.39, 0.29) is 6.09 Å². The van der Waals surface area contributed by atoms with Gasteiger partial charge in [0, 0.05) is 37.3 Å². The monoisotopic (exact) mass is 374 g/mol. The molecule has 1 aliphatic heterocycles. The third-order valence-electron chi connectivity index (χ3n) is 4.46. The number of hydrogen-bond acceptors (Lipinski definition) is 6. The SMILES string of the molecule is COC(=O)c1ccc(N2CCN(C(=O)OC(C)(C)C)CC2)c2cc(C)oc12. The Hall–Kier alpha value is -2.70. The maximum Gasteiger partial charge on any atom is 0.410 e. The molecular formula is C20H26N2O5. The zero-order valence-corrected chi connectivity index (χ0v) is 16.5. The molecule has 0 radical (unpaired) electrons. The van der Waals surface area contributed by atoms with E-state index in [1.807, 2.05) is 39.8 Å². The van der Waals surface area contributed by atoms with Crippen LogP contribution in [0, 0.1) is 6.92 Å². The maximum absolute atomic E-state index is 12.2. The molecule has 2 heterocycles. The average molecular weight is 374 g/mol. The predicted molar refractivity (Wildman–Crippen MR) is 102 cm³/mol. The fourth-order valence-electron chi connectivity index (χ4n) is 3.24. The van der Waals surface area contributed by atoms with Gasteiger partial charge in [-0.05, 0) is 45.9 Å². The van der Waals surface area contributed by atoms with E-state index in [4.69, 9.17) is 13.9 Å². The van der Waals surface area contributed by atoms with Crippen LogP contribution in [0.4, 0.5) is 10.5 Å². The molecule has 0 bridgehead atoms. The highest BCUT2D eigenvalue weighted by atomic mass is 16.6. The van der Waals surface area contributed by atoms with Gasteiger partial charge in [0.25, 0.3) is 0 Å². The van der Waals surface area contributed by atoms with Gasteiger partial charge < -0.3 is 23.7 Å². The highest BCUT2D eigenvalue weighted by Crippen LogP contribution is 2.33. The van der Waals surface area contributed by atoms with Crippen LogP contribution in [-0.2, 0) is 9.47 Å². The number of anilines is 1. The number of furan rings is 1. The summed E-state index contributed by atoms with van der Waals surface area (Å²) in [5.74, 6) is 0.311. The van der Waals surface area contributed by atoms with Crippen molar-refractivity contribution in [3.63, 3.8) is 0 Å². The van der Waals surface area contributed by atoms with E-state index in [1.165, 1.54) is 7.11 Å². The van der Waals surface area contributed by atoms with Crippen molar-refractivity contribution in [1.29, 1.82) is 0 Å². The lowest BCUT2D eigenvalue weighted by atomic mass is 10.1. The molecule has 0 N–H and O–H groups in total. The summed E-state index contributed by atoms with van der Waals surface area (Å²) in [6, 6.07) is 5.57. The van der Waals surface area contributed by atoms with Crippen LogP contribution in [0.1, 0.15) is 36.9 Å². The van der Waals surface area contributed by atoms with Gasteiger partial charge in [0.2, 0.25) is 0 Å². The quantitative estimate of drug-likeness (QED) is 0.748. The zero-order chi connectivity index (χ0) is 19.8. The van der Waals surface area contributed by atoms with Gasteiger partial charge in [-0.1, -0.05) is 0 Å². The molecule has 1 amide bonds. The normalized spacial score (nSPS) is 15.1. The highest BCUT2D eigenvalue weighted by molar-refractivity contribution is 6.06. The van der Waals surface area contributed by atoms with Crippen molar-refractivity contribution in [2.45, 2.75) is 33.3 Å². The van der Waals surface area contributed by atoms with E-state index in [0.29, 0.717) is 37.3 Å². The number of aryl methyl sites for hydroxylation is 1. The maximum atomic E-state index is 12.2. The van der Waals surface area contributed by atoms with Crippen LogP contribution in [0.5, 0.6) is 0 Å². The average Bonchev–Trinajstić information content (AvgIpc) is 3.00. The van der Waals surface area contributed by atoms with Crippen LogP contribution in [0.3, 0.4) is 0 Å². The first-order chi connectivity index (χ1) is 12.7. The Morgan fingerprint density at radius 3 is 2.37 bits per heavy atom. The second-order valence-electron chi connectivity index (χ2n) is 7.68. The molecule has 0 unspecified atom stereocenters. The van der Waals surface area contributed by atoms with Gasteiger partial charge in [0.1, 0.15) is 16.9 Å². The molecule has 0 atom stereocenters. The van der Waals surface area contributed by atoms with Gasteiger partial charge in [-0.3, -0.25) is 0 Å². The third-order valence-corrected chi connectivity index (χ3v) is 4.46. The number of hydrogen-bond donors (Lipinski definition) is 0. The summed E-state index contributed by atoms with van der Waals surface area (Å²) in [4.78, 5) is 28.2. The van der Waals surface area contributed by atoms with E-state index in [2.05, 4.69) is 4.90 Å². The number of benzene rings is 1. The Morgan fingerprint density at radius 2 is 1.78 bits per heavy atom. The Labute approximate surface area is 158 Å². The summed E-state index contributed by atoms with van der Waals surface area (Å²) in [6.45, 7) is 9.95. The van der Waals surface area contributed by atoms with Gasteiger partial charge in [0.15, 0.2) is 5.58 Å². The Morgan fingerprint density at radius 1 is 1.11 bits per heavy atom. The lowest BCUT2D eigenvalue weighted by molar-refractivity contribution is 0.0240. The van der Waals surface area contributed by atoms with Crippen molar-refractivity contribution in [3.05, 3.63) is 29.5 Å².